The lowest BCUT2D eigenvalue weighted by atomic mass is 10.2. The van der Waals surface area contributed by atoms with E-state index < -0.39 is 11.8 Å². The Bertz CT molecular complexity index is 1210. The number of methoxy groups -OCH3 is 2. The molecule has 3 aromatic carbocycles. The van der Waals surface area contributed by atoms with Crippen molar-refractivity contribution in [3.05, 3.63) is 88.4 Å². The quantitative estimate of drug-likeness (QED) is 0.474. The van der Waals surface area contributed by atoms with E-state index in [0.29, 0.717) is 27.9 Å². The molecule has 0 saturated heterocycles. The highest BCUT2D eigenvalue weighted by molar-refractivity contribution is 8.04. The summed E-state index contributed by atoms with van der Waals surface area (Å²) < 4.78 is 10.8. The predicted molar refractivity (Wildman–Crippen MR) is 126 cm³/mol. The second kappa shape index (κ2) is 9.38. The molecule has 0 bridgehead atoms. The summed E-state index contributed by atoms with van der Waals surface area (Å²) in [5.41, 5.74) is 1.10. The topological polar surface area (TPSA) is 67.9 Å². The number of para-hydroxylation sites is 4. The summed E-state index contributed by atoms with van der Waals surface area (Å²) in [6, 6.07) is 21.1. The third kappa shape index (κ3) is 4.17. The number of hydrogen-bond acceptors (Lipinski definition) is 6. The molecule has 0 fully saturated rings. The van der Waals surface area contributed by atoms with Gasteiger partial charge in [-0.2, -0.15) is 0 Å². The number of hydrogen-bond donors (Lipinski definition) is 1. The zero-order valence-electron chi connectivity index (χ0n) is 17.3. The summed E-state index contributed by atoms with van der Waals surface area (Å²) in [4.78, 5) is 29.1. The van der Waals surface area contributed by atoms with Crippen LogP contribution in [0.2, 0.25) is 5.02 Å². The normalized spacial score (nSPS) is 13.5. The molecule has 1 heterocycles. The van der Waals surface area contributed by atoms with Gasteiger partial charge in [0, 0.05) is 9.92 Å². The fourth-order valence-corrected chi connectivity index (χ4v) is 4.30. The number of nitrogens with one attached hydrogen (secondary N) is 1. The molecule has 1 aliphatic rings. The molecular formula is C24H19ClN2O4S. The summed E-state index contributed by atoms with van der Waals surface area (Å²) in [7, 11) is 3.04. The lowest BCUT2D eigenvalue weighted by Gasteiger charge is -2.18. The fourth-order valence-electron chi connectivity index (χ4n) is 3.25. The average molecular weight is 467 g/mol. The van der Waals surface area contributed by atoms with Gasteiger partial charge in [-0.3, -0.25) is 9.59 Å². The Hall–Kier alpha value is -3.42. The monoisotopic (exact) mass is 466 g/mol. The van der Waals surface area contributed by atoms with Gasteiger partial charge in [0.1, 0.15) is 22.1 Å². The standard InChI is InChI=1S/C24H19ClN2O4S/c1-30-19-9-5-3-7-17(19)26-21-22(32-16-13-11-15(25)12-14-16)24(29)27(23(21)28)18-8-4-6-10-20(18)31-2/h3-14,26H,1-2H3. The molecule has 1 N–H and O–H groups in total. The van der Waals surface area contributed by atoms with Crippen molar-refractivity contribution >= 4 is 46.6 Å². The van der Waals surface area contributed by atoms with Crippen LogP contribution in [0, 0.1) is 0 Å². The minimum absolute atomic E-state index is 0.158. The van der Waals surface area contributed by atoms with Crippen molar-refractivity contribution in [3.8, 4) is 11.5 Å². The highest BCUT2D eigenvalue weighted by atomic mass is 35.5. The van der Waals surface area contributed by atoms with Crippen molar-refractivity contribution in [2.75, 3.05) is 24.4 Å². The van der Waals surface area contributed by atoms with Crippen molar-refractivity contribution in [1.29, 1.82) is 0 Å². The van der Waals surface area contributed by atoms with Gasteiger partial charge in [0.15, 0.2) is 0 Å². The maximum Gasteiger partial charge on any atom is 0.283 e. The van der Waals surface area contributed by atoms with Gasteiger partial charge >= 0.3 is 0 Å². The van der Waals surface area contributed by atoms with Crippen molar-refractivity contribution in [1.82, 2.24) is 0 Å². The molecule has 0 atom stereocenters. The molecule has 32 heavy (non-hydrogen) atoms. The van der Waals surface area contributed by atoms with E-state index in [4.69, 9.17) is 21.1 Å². The number of halogens is 1. The zero-order chi connectivity index (χ0) is 22.7. The van der Waals surface area contributed by atoms with Crippen LogP contribution in [0.25, 0.3) is 0 Å². The number of nitrogens with zero attached hydrogens (tertiary/aromatic N) is 1. The lowest BCUT2D eigenvalue weighted by molar-refractivity contribution is -0.120. The number of amides is 2. The number of ether oxygens (including phenoxy) is 2. The van der Waals surface area contributed by atoms with Crippen LogP contribution in [0.5, 0.6) is 11.5 Å². The van der Waals surface area contributed by atoms with Crippen LogP contribution in [-0.4, -0.2) is 26.0 Å². The molecule has 0 saturated carbocycles. The summed E-state index contributed by atoms with van der Waals surface area (Å²) in [6.45, 7) is 0. The van der Waals surface area contributed by atoms with Crippen LogP contribution < -0.4 is 19.7 Å². The van der Waals surface area contributed by atoms with E-state index in [-0.39, 0.29) is 10.6 Å². The number of carbonyl (C=O) groups excluding carboxylic acids is 2. The van der Waals surface area contributed by atoms with Crippen LogP contribution in [0.4, 0.5) is 11.4 Å². The number of benzene rings is 3. The van der Waals surface area contributed by atoms with Gasteiger partial charge in [-0.1, -0.05) is 47.6 Å². The van der Waals surface area contributed by atoms with E-state index in [9.17, 15) is 9.59 Å². The molecule has 8 heteroatoms. The zero-order valence-corrected chi connectivity index (χ0v) is 18.9. The van der Waals surface area contributed by atoms with Crippen molar-refractivity contribution in [2.24, 2.45) is 0 Å². The van der Waals surface area contributed by atoms with E-state index in [1.54, 1.807) is 67.8 Å². The predicted octanol–water partition coefficient (Wildman–Crippen LogP) is 5.35. The molecule has 0 spiro atoms. The molecular weight excluding hydrogens is 448 g/mol. The number of thioether (sulfide) groups is 1. The summed E-state index contributed by atoms with van der Waals surface area (Å²) >= 11 is 7.18. The second-order valence-electron chi connectivity index (χ2n) is 6.70. The Labute approximate surface area is 194 Å². The third-order valence-corrected chi connectivity index (χ3v) is 6.11. The average Bonchev–Trinajstić information content (AvgIpc) is 3.04. The first kappa shape index (κ1) is 21.8. The van der Waals surface area contributed by atoms with Gasteiger partial charge in [-0.25, -0.2) is 4.90 Å². The Morgan fingerprint density at radius 2 is 1.44 bits per heavy atom. The number of imide groups is 1. The Balaban J connectivity index is 1.79. The van der Waals surface area contributed by atoms with Crippen LogP contribution >= 0.6 is 23.4 Å². The summed E-state index contributed by atoms with van der Waals surface area (Å²) in [5, 5.41) is 3.70. The van der Waals surface area contributed by atoms with Gasteiger partial charge < -0.3 is 14.8 Å². The molecule has 4 rings (SSSR count). The van der Waals surface area contributed by atoms with E-state index in [1.807, 2.05) is 12.1 Å². The minimum Gasteiger partial charge on any atom is -0.495 e. The maximum atomic E-state index is 13.5. The Morgan fingerprint density at radius 3 is 2.12 bits per heavy atom. The molecule has 0 aromatic heterocycles. The number of rotatable bonds is 7. The van der Waals surface area contributed by atoms with Gasteiger partial charge in [0.05, 0.1) is 25.6 Å². The van der Waals surface area contributed by atoms with Gasteiger partial charge in [-0.15, -0.1) is 0 Å². The molecule has 0 aliphatic carbocycles. The van der Waals surface area contributed by atoms with Crippen LogP contribution in [-0.2, 0) is 9.59 Å². The van der Waals surface area contributed by atoms with E-state index in [1.165, 1.54) is 18.9 Å². The molecule has 1 aliphatic heterocycles. The van der Waals surface area contributed by atoms with Crippen LogP contribution in [0.1, 0.15) is 0 Å². The first-order chi connectivity index (χ1) is 15.5. The number of carbonyl (C=O) groups is 2. The number of anilines is 2. The van der Waals surface area contributed by atoms with Crippen molar-refractivity contribution in [3.63, 3.8) is 0 Å². The minimum atomic E-state index is -0.484. The Kier molecular flexibility index (Phi) is 6.39. The maximum absolute atomic E-state index is 13.5. The second-order valence-corrected chi connectivity index (χ2v) is 8.22. The molecule has 6 nitrogen and oxygen atoms in total. The smallest absolute Gasteiger partial charge is 0.283 e. The van der Waals surface area contributed by atoms with Crippen molar-refractivity contribution in [2.45, 2.75) is 4.90 Å². The molecule has 3 aromatic rings. The fraction of sp³-hybridized carbons (Fsp3) is 0.0833. The molecule has 0 unspecified atom stereocenters. The summed E-state index contributed by atoms with van der Waals surface area (Å²) in [6.07, 6.45) is 0. The first-order valence-electron chi connectivity index (χ1n) is 9.63. The molecule has 0 radical (unpaired) electrons. The van der Waals surface area contributed by atoms with Gasteiger partial charge in [0.25, 0.3) is 11.8 Å². The van der Waals surface area contributed by atoms with E-state index in [2.05, 4.69) is 5.32 Å². The van der Waals surface area contributed by atoms with Crippen molar-refractivity contribution < 1.29 is 19.1 Å². The van der Waals surface area contributed by atoms with Gasteiger partial charge in [0.2, 0.25) is 0 Å². The SMILES string of the molecule is COc1ccccc1NC1=C(Sc2ccc(Cl)cc2)C(=O)N(c2ccccc2OC)C1=O. The third-order valence-electron chi connectivity index (χ3n) is 4.77. The lowest BCUT2D eigenvalue weighted by Crippen LogP contribution is -2.32. The first-order valence-corrected chi connectivity index (χ1v) is 10.8. The van der Waals surface area contributed by atoms with Crippen LogP contribution in [0.15, 0.2) is 88.3 Å². The highest BCUT2D eigenvalue weighted by Gasteiger charge is 2.41. The highest BCUT2D eigenvalue weighted by Crippen LogP contribution is 2.41. The van der Waals surface area contributed by atoms with Gasteiger partial charge in [-0.05, 0) is 48.5 Å². The molecule has 162 valence electrons. The largest absolute Gasteiger partial charge is 0.495 e. The Morgan fingerprint density at radius 1 is 0.812 bits per heavy atom. The summed E-state index contributed by atoms with van der Waals surface area (Å²) in [5.74, 6) is 0.0362. The van der Waals surface area contributed by atoms with E-state index >= 15 is 0 Å². The van der Waals surface area contributed by atoms with Crippen LogP contribution in [0.3, 0.4) is 0 Å². The molecule has 2 amide bonds. The van der Waals surface area contributed by atoms with E-state index in [0.717, 1.165) is 9.80 Å².